The standard InChI is InChI=1S/C12H20N2O/c1-3-10-6-4-5-7-12(10,15)11-8-13-14(2)9-11/h8-10,15H,3-7H2,1-2H3. The molecule has 1 saturated carbocycles. The number of hydrogen-bond acceptors (Lipinski definition) is 2. The van der Waals surface area contributed by atoms with Gasteiger partial charge in [0.1, 0.15) is 0 Å². The molecule has 0 aromatic carbocycles. The maximum Gasteiger partial charge on any atom is 0.0954 e. The summed E-state index contributed by atoms with van der Waals surface area (Å²) in [7, 11) is 1.90. The van der Waals surface area contributed by atoms with Gasteiger partial charge in [-0.3, -0.25) is 4.68 Å². The van der Waals surface area contributed by atoms with E-state index in [1.807, 2.05) is 19.4 Å². The molecule has 0 amide bonds. The average Bonchev–Trinajstić information content (AvgIpc) is 2.66. The molecular weight excluding hydrogens is 188 g/mol. The highest BCUT2D eigenvalue weighted by Crippen LogP contribution is 2.42. The van der Waals surface area contributed by atoms with Gasteiger partial charge in [-0.05, 0) is 18.8 Å². The number of aromatic nitrogens is 2. The lowest BCUT2D eigenvalue weighted by molar-refractivity contribution is -0.0558. The Balaban J connectivity index is 2.29. The number of rotatable bonds is 2. The number of aliphatic hydroxyl groups is 1. The lowest BCUT2D eigenvalue weighted by Gasteiger charge is -2.39. The predicted molar refractivity (Wildman–Crippen MR) is 59.4 cm³/mol. The molecule has 1 heterocycles. The summed E-state index contributed by atoms with van der Waals surface area (Å²) in [5, 5.41) is 14.9. The highest BCUT2D eigenvalue weighted by Gasteiger charge is 2.39. The van der Waals surface area contributed by atoms with Crippen molar-refractivity contribution in [2.75, 3.05) is 0 Å². The molecule has 2 rings (SSSR count). The molecule has 1 fully saturated rings. The lowest BCUT2D eigenvalue weighted by Crippen LogP contribution is -2.37. The summed E-state index contributed by atoms with van der Waals surface area (Å²) in [6.07, 6.45) is 9.22. The first-order valence-corrected chi connectivity index (χ1v) is 5.88. The van der Waals surface area contributed by atoms with Crippen LogP contribution in [0.25, 0.3) is 0 Å². The van der Waals surface area contributed by atoms with Crippen LogP contribution in [0.4, 0.5) is 0 Å². The van der Waals surface area contributed by atoms with Crippen molar-refractivity contribution in [3.8, 4) is 0 Å². The third-order valence-electron chi connectivity index (χ3n) is 3.73. The van der Waals surface area contributed by atoms with Crippen LogP contribution in [-0.2, 0) is 12.6 Å². The molecule has 2 atom stereocenters. The molecule has 1 N–H and O–H groups in total. The second-order valence-corrected chi connectivity index (χ2v) is 4.68. The van der Waals surface area contributed by atoms with Crippen molar-refractivity contribution in [1.82, 2.24) is 9.78 Å². The minimum Gasteiger partial charge on any atom is -0.385 e. The molecule has 3 nitrogen and oxygen atoms in total. The molecular formula is C12H20N2O. The maximum absolute atomic E-state index is 10.8. The fourth-order valence-corrected chi connectivity index (χ4v) is 2.79. The van der Waals surface area contributed by atoms with Gasteiger partial charge in [-0.1, -0.05) is 26.2 Å². The highest BCUT2D eigenvalue weighted by atomic mass is 16.3. The normalized spacial score (nSPS) is 31.8. The third kappa shape index (κ3) is 1.81. The number of hydrogen-bond donors (Lipinski definition) is 1. The van der Waals surface area contributed by atoms with E-state index in [-0.39, 0.29) is 0 Å². The first-order chi connectivity index (χ1) is 7.16. The fraction of sp³-hybridized carbons (Fsp3) is 0.750. The Morgan fingerprint density at radius 1 is 1.60 bits per heavy atom. The molecule has 0 spiro atoms. The van der Waals surface area contributed by atoms with E-state index >= 15 is 0 Å². The van der Waals surface area contributed by atoms with Gasteiger partial charge in [0.15, 0.2) is 0 Å². The Morgan fingerprint density at radius 2 is 2.40 bits per heavy atom. The molecule has 0 bridgehead atoms. The van der Waals surface area contributed by atoms with Gasteiger partial charge in [0.05, 0.1) is 11.8 Å². The van der Waals surface area contributed by atoms with Crippen LogP contribution in [0.5, 0.6) is 0 Å². The quantitative estimate of drug-likeness (QED) is 0.809. The monoisotopic (exact) mass is 208 g/mol. The summed E-state index contributed by atoms with van der Waals surface area (Å²) in [6, 6.07) is 0. The highest BCUT2D eigenvalue weighted by molar-refractivity contribution is 5.17. The summed E-state index contributed by atoms with van der Waals surface area (Å²) >= 11 is 0. The van der Waals surface area contributed by atoms with Gasteiger partial charge in [-0.15, -0.1) is 0 Å². The van der Waals surface area contributed by atoms with Crippen molar-refractivity contribution >= 4 is 0 Å². The van der Waals surface area contributed by atoms with Gasteiger partial charge >= 0.3 is 0 Å². The molecule has 2 unspecified atom stereocenters. The second-order valence-electron chi connectivity index (χ2n) is 4.68. The molecule has 1 aromatic heterocycles. The molecule has 3 heteroatoms. The summed E-state index contributed by atoms with van der Waals surface area (Å²) in [6.45, 7) is 2.16. The van der Waals surface area contributed by atoms with Gasteiger partial charge in [0.2, 0.25) is 0 Å². The van der Waals surface area contributed by atoms with Gasteiger partial charge in [-0.2, -0.15) is 5.10 Å². The first kappa shape index (κ1) is 10.7. The second kappa shape index (κ2) is 3.97. The Bertz CT molecular complexity index is 334. The Kier molecular flexibility index (Phi) is 2.83. The SMILES string of the molecule is CCC1CCCCC1(O)c1cnn(C)c1. The van der Waals surface area contributed by atoms with Crippen molar-refractivity contribution in [2.45, 2.75) is 44.6 Å². The van der Waals surface area contributed by atoms with Crippen molar-refractivity contribution in [3.63, 3.8) is 0 Å². The molecule has 1 aliphatic rings. The van der Waals surface area contributed by atoms with Crippen LogP contribution in [0.3, 0.4) is 0 Å². The van der Waals surface area contributed by atoms with Crippen molar-refractivity contribution in [3.05, 3.63) is 18.0 Å². The zero-order valence-corrected chi connectivity index (χ0v) is 9.61. The topological polar surface area (TPSA) is 38.1 Å². The van der Waals surface area contributed by atoms with Gasteiger partial charge in [0.25, 0.3) is 0 Å². The number of nitrogens with zero attached hydrogens (tertiary/aromatic N) is 2. The minimum atomic E-state index is -0.624. The van der Waals surface area contributed by atoms with E-state index in [0.29, 0.717) is 5.92 Å². The van der Waals surface area contributed by atoms with Crippen LogP contribution in [0.1, 0.15) is 44.6 Å². The molecule has 84 valence electrons. The zero-order valence-electron chi connectivity index (χ0n) is 9.61. The van der Waals surface area contributed by atoms with Crippen molar-refractivity contribution in [1.29, 1.82) is 0 Å². The number of aryl methyl sites for hydroxylation is 1. The lowest BCUT2D eigenvalue weighted by atomic mass is 9.71. The summed E-state index contributed by atoms with van der Waals surface area (Å²) in [5.74, 6) is 0.399. The largest absolute Gasteiger partial charge is 0.385 e. The molecule has 0 radical (unpaired) electrons. The summed E-state index contributed by atoms with van der Waals surface area (Å²) in [4.78, 5) is 0. The molecule has 0 saturated heterocycles. The van der Waals surface area contributed by atoms with Crippen LogP contribution < -0.4 is 0 Å². The molecule has 15 heavy (non-hydrogen) atoms. The van der Waals surface area contributed by atoms with E-state index < -0.39 is 5.60 Å². The van der Waals surface area contributed by atoms with E-state index in [4.69, 9.17) is 0 Å². The molecule has 0 aliphatic heterocycles. The van der Waals surface area contributed by atoms with Crippen LogP contribution in [0.15, 0.2) is 12.4 Å². The minimum absolute atomic E-state index is 0.399. The van der Waals surface area contributed by atoms with Gasteiger partial charge < -0.3 is 5.11 Å². The van der Waals surface area contributed by atoms with Crippen LogP contribution in [0.2, 0.25) is 0 Å². The summed E-state index contributed by atoms with van der Waals surface area (Å²) in [5.41, 5.74) is 0.373. The maximum atomic E-state index is 10.8. The Hall–Kier alpha value is -0.830. The summed E-state index contributed by atoms with van der Waals surface area (Å²) < 4.78 is 1.77. The molecule has 1 aliphatic carbocycles. The Morgan fingerprint density at radius 3 is 3.00 bits per heavy atom. The van der Waals surface area contributed by atoms with Gasteiger partial charge in [-0.25, -0.2) is 0 Å². The zero-order chi connectivity index (χ0) is 10.9. The van der Waals surface area contributed by atoms with E-state index in [1.54, 1.807) is 4.68 Å². The third-order valence-corrected chi connectivity index (χ3v) is 3.73. The van der Waals surface area contributed by atoms with E-state index in [2.05, 4.69) is 12.0 Å². The van der Waals surface area contributed by atoms with Crippen molar-refractivity contribution < 1.29 is 5.11 Å². The van der Waals surface area contributed by atoms with Gasteiger partial charge in [0, 0.05) is 18.8 Å². The van der Waals surface area contributed by atoms with Crippen molar-refractivity contribution in [2.24, 2.45) is 13.0 Å². The average molecular weight is 208 g/mol. The van der Waals surface area contributed by atoms with Crippen LogP contribution in [-0.4, -0.2) is 14.9 Å². The smallest absolute Gasteiger partial charge is 0.0954 e. The van der Waals surface area contributed by atoms with E-state index in [0.717, 1.165) is 31.2 Å². The van der Waals surface area contributed by atoms with Crippen LogP contribution >= 0.6 is 0 Å². The van der Waals surface area contributed by atoms with E-state index in [9.17, 15) is 5.11 Å². The van der Waals surface area contributed by atoms with E-state index in [1.165, 1.54) is 6.42 Å². The molecule has 1 aromatic rings. The predicted octanol–water partition coefficient (Wildman–Crippen LogP) is 2.21. The first-order valence-electron chi connectivity index (χ1n) is 5.88. The fourth-order valence-electron chi connectivity index (χ4n) is 2.79. The van der Waals surface area contributed by atoms with Crippen LogP contribution in [0, 0.1) is 5.92 Å². The Labute approximate surface area is 91.1 Å².